The van der Waals surface area contributed by atoms with Gasteiger partial charge in [0.05, 0.1) is 32.0 Å². The van der Waals surface area contributed by atoms with E-state index >= 15 is 0 Å². The van der Waals surface area contributed by atoms with E-state index in [1.165, 1.54) is 0 Å². The molecule has 3 saturated heterocycles. The largest absolute Gasteiger partial charge is 0.477 e. The number of carboxylic acid groups (broad SMARTS) is 1. The molecule has 3 aliphatic rings. The van der Waals surface area contributed by atoms with Gasteiger partial charge in [0.25, 0.3) is 5.79 Å². The second-order valence-corrected chi connectivity index (χ2v) is 11.2. The number of carboxylic acids is 1. The number of carbonyl (C=O) groups is 3. The van der Waals surface area contributed by atoms with Crippen LogP contribution in [0.3, 0.4) is 0 Å². The molecule has 3 aliphatic heterocycles. The number of nitrogens with one attached hydrogen (secondary N) is 2. The van der Waals surface area contributed by atoms with Crippen LogP contribution in [0.5, 0.6) is 0 Å². The van der Waals surface area contributed by atoms with Crippen LogP contribution in [0.4, 0.5) is 0 Å². The lowest BCUT2D eigenvalue weighted by Gasteiger charge is -2.50. The van der Waals surface area contributed by atoms with E-state index in [0.29, 0.717) is 0 Å². The number of ether oxygens (including phenoxy) is 5. The maximum Gasteiger partial charge on any atom is 0.364 e. The number of hydrogen-bond donors (Lipinski definition) is 13. The number of rotatable bonds is 12. The average molecular weight is 675 g/mol. The number of hydrogen-bond acceptors (Lipinski definition) is 18. The van der Waals surface area contributed by atoms with Gasteiger partial charge in [0.2, 0.25) is 11.8 Å². The van der Waals surface area contributed by atoms with Crippen LogP contribution < -0.4 is 10.6 Å². The molecule has 13 N–H and O–H groups in total. The number of aliphatic hydroxyl groups excluding tert-OH is 10. The van der Waals surface area contributed by atoms with Crippen molar-refractivity contribution in [3.63, 3.8) is 0 Å². The number of aliphatic carboxylic acids is 1. The lowest BCUT2D eigenvalue weighted by atomic mass is 9.88. The SMILES string of the molecule is CC(=O)NC1C(O)OC(CO)C(OC2OC(CO)C(O)C(OC3(C(=O)O)CC(O)C(NC(C)=O)C([C@@H](O)[C@@H](O)CO)O3)C2O)C1O. The lowest BCUT2D eigenvalue weighted by Crippen LogP contribution is -2.71. The molecule has 14 unspecified atom stereocenters. The summed E-state index contributed by atoms with van der Waals surface area (Å²) in [5.41, 5.74) is 0. The van der Waals surface area contributed by atoms with E-state index in [0.717, 1.165) is 13.8 Å². The molecule has 0 aliphatic carbocycles. The number of carbonyl (C=O) groups excluding carboxylic acids is 2. The molecule has 0 bridgehead atoms. The van der Waals surface area contributed by atoms with Gasteiger partial charge < -0.3 is 90.5 Å². The van der Waals surface area contributed by atoms with E-state index < -0.39 is 142 Å². The quantitative estimate of drug-likeness (QED) is 0.0913. The Hall–Kier alpha value is -2.19. The molecule has 16 atom stereocenters. The molecule has 21 heteroatoms. The predicted octanol–water partition coefficient (Wildman–Crippen LogP) is -8.08. The summed E-state index contributed by atoms with van der Waals surface area (Å²) in [6.07, 6.45) is -25.7. The highest BCUT2D eigenvalue weighted by Crippen LogP contribution is 2.38. The summed E-state index contributed by atoms with van der Waals surface area (Å²) >= 11 is 0. The Balaban J connectivity index is 1.95. The van der Waals surface area contributed by atoms with E-state index in [1.807, 2.05) is 0 Å². The Kier molecular flexibility index (Phi) is 13.1. The van der Waals surface area contributed by atoms with Crippen molar-refractivity contribution in [3.05, 3.63) is 0 Å². The molecular formula is C25H42N2O19. The van der Waals surface area contributed by atoms with Gasteiger partial charge in [0.1, 0.15) is 67.1 Å². The van der Waals surface area contributed by atoms with Crippen LogP contribution in [0.25, 0.3) is 0 Å². The van der Waals surface area contributed by atoms with Crippen molar-refractivity contribution in [2.24, 2.45) is 0 Å². The van der Waals surface area contributed by atoms with Crippen molar-refractivity contribution in [2.75, 3.05) is 19.8 Å². The molecule has 2 amide bonds. The molecule has 21 nitrogen and oxygen atoms in total. The molecule has 0 spiro atoms. The Morgan fingerprint density at radius 2 is 1.43 bits per heavy atom. The van der Waals surface area contributed by atoms with Gasteiger partial charge in [-0.3, -0.25) is 9.59 Å². The molecule has 46 heavy (non-hydrogen) atoms. The van der Waals surface area contributed by atoms with E-state index in [-0.39, 0.29) is 0 Å². The van der Waals surface area contributed by atoms with Gasteiger partial charge in [-0.05, 0) is 0 Å². The minimum absolute atomic E-state index is 0.692. The fourth-order valence-corrected chi connectivity index (χ4v) is 5.57. The minimum atomic E-state index is -3.04. The number of amides is 2. The summed E-state index contributed by atoms with van der Waals surface area (Å²) in [6.45, 7) is -0.789. The van der Waals surface area contributed by atoms with Gasteiger partial charge in [-0.1, -0.05) is 0 Å². The third-order valence-corrected chi connectivity index (χ3v) is 7.87. The molecule has 266 valence electrons. The molecule has 0 aromatic carbocycles. The van der Waals surface area contributed by atoms with Gasteiger partial charge in [0, 0.05) is 20.3 Å². The zero-order valence-electron chi connectivity index (χ0n) is 24.7. The molecular weight excluding hydrogens is 632 g/mol. The van der Waals surface area contributed by atoms with E-state index in [1.54, 1.807) is 0 Å². The Bertz CT molecular complexity index is 1050. The van der Waals surface area contributed by atoms with Crippen LogP contribution in [0.15, 0.2) is 0 Å². The topological polar surface area (TPSA) is 344 Å². The first-order valence-electron chi connectivity index (χ1n) is 14.2. The summed E-state index contributed by atoms with van der Waals surface area (Å²) in [4.78, 5) is 36.0. The van der Waals surface area contributed by atoms with Crippen molar-refractivity contribution in [3.8, 4) is 0 Å². The van der Waals surface area contributed by atoms with Crippen LogP contribution in [0.1, 0.15) is 20.3 Å². The van der Waals surface area contributed by atoms with Crippen LogP contribution >= 0.6 is 0 Å². The van der Waals surface area contributed by atoms with Gasteiger partial charge >= 0.3 is 5.97 Å². The highest BCUT2D eigenvalue weighted by molar-refractivity contribution is 5.76. The number of aliphatic hydroxyl groups is 10. The van der Waals surface area contributed by atoms with Crippen molar-refractivity contribution in [2.45, 2.75) is 118 Å². The summed E-state index contributed by atoms with van der Waals surface area (Å²) in [7, 11) is 0. The average Bonchev–Trinajstić information content (AvgIpc) is 2.99. The predicted molar refractivity (Wildman–Crippen MR) is 142 cm³/mol. The Morgan fingerprint density at radius 1 is 0.848 bits per heavy atom. The third-order valence-electron chi connectivity index (χ3n) is 7.87. The van der Waals surface area contributed by atoms with Crippen molar-refractivity contribution in [1.82, 2.24) is 10.6 Å². The maximum absolute atomic E-state index is 12.6. The molecule has 0 saturated carbocycles. The second kappa shape index (κ2) is 15.8. The van der Waals surface area contributed by atoms with E-state index in [2.05, 4.69) is 10.6 Å². The summed E-state index contributed by atoms with van der Waals surface area (Å²) in [6, 6.07) is -3.05. The van der Waals surface area contributed by atoms with Crippen molar-refractivity contribution >= 4 is 17.8 Å². The highest BCUT2D eigenvalue weighted by Gasteiger charge is 2.60. The molecule has 3 heterocycles. The van der Waals surface area contributed by atoms with Gasteiger partial charge in [-0.2, -0.15) is 0 Å². The van der Waals surface area contributed by atoms with E-state index in [4.69, 9.17) is 23.7 Å². The normalized spacial score (nSPS) is 42.9. The first-order chi connectivity index (χ1) is 21.5. The molecule has 3 rings (SSSR count). The van der Waals surface area contributed by atoms with Crippen molar-refractivity contribution in [1.29, 1.82) is 0 Å². The van der Waals surface area contributed by atoms with E-state index in [9.17, 15) is 70.6 Å². The molecule has 0 aromatic heterocycles. The fourth-order valence-electron chi connectivity index (χ4n) is 5.57. The van der Waals surface area contributed by atoms with Crippen molar-refractivity contribution < 1.29 is 94.2 Å². The minimum Gasteiger partial charge on any atom is -0.477 e. The molecule has 3 fully saturated rings. The zero-order valence-corrected chi connectivity index (χ0v) is 24.7. The molecule has 0 aromatic rings. The Labute approximate surface area is 260 Å². The van der Waals surface area contributed by atoms with Gasteiger partial charge in [0.15, 0.2) is 12.6 Å². The fraction of sp³-hybridized carbons (Fsp3) is 0.880. The monoisotopic (exact) mass is 674 g/mol. The van der Waals surface area contributed by atoms with Crippen LogP contribution in [0, 0.1) is 0 Å². The highest BCUT2D eigenvalue weighted by atomic mass is 16.8. The zero-order chi connectivity index (χ0) is 34.7. The van der Waals surface area contributed by atoms with Gasteiger partial charge in [-0.25, -0.2) is 4.79 Å². The first kappa shape index (κ1) is 38.3. The third kappa shape index (κ3) is 8.08. The second-order valence-electron chi connectivity index (χ2n) is 11.2. The Morgan fingerprint density at radius 3 is 1.96 bits per heavy atom. The van der Waals surface area contributed by atoms with Crippen LogP contribution in [-0.4, -0.2) is 191 Å². The van der Waals surface area contributed by atoms with Crippen LogP contribution in [0.2, 0.25) is 0 Å². The first-order valence-corrected chi connectivity index (χ1v) is 14.2. The summed E-state index contributed by atoms with van der Waals surface area (Å²) in [5, 5.41) is 118. The standard InChI is InChI=1S/C25H42N2O19/c1-7(31)26-13-9(33)3-25(24(40)41,45-20(13)15(35)10(34)4-28)46-21-16(36)11(5-29)43-23(18(21)38)44-19-12(6-30)42-22(39)14(17(19)37)27-8(2)32/h9-23,28-30,33-39H,3-6H2,1-2H3,(H,26,31)(H,27,32)(H,40,41)/t9?,10-,11?,12?,13?,14?,15-,16?,17?,18?,19?,20?,21?,22?,23?,25?/m0/s1. The van der Waals surface area contributed by atoms with Gasteiger partial charge in [-0.15, -0.1) is 0 Å². The maximum atomic E-state index is 12.6. The van der Waals surface area contributed by atoms with Crippen LogP contribution in [-0.2, 0) is 38.1 Å². The molecule has 0 radical (unpaired) electrons. The lowest BCUT2D eigenvalue weighted by molar-refractivity contribution is -0.382. The smallest absolute Gasteiger partial charge is 0.364 e. The summed E-state index contributed by atoms with van der Waals surface area (Å²) < 4.78 is 27.4. The summed E-state index contributed by atoms with van der Waals surface area (Å²) in [5.74, 6) is -6.46.